The first-order valence-electron chi connectivity index (χ1n) is 3.51. The van der Waals surface area contributed by atoms with E-state index in [1.165, 1.54) is 6.61 Å². The highest BCUT2D eigenvalue weighted by molar-refractivity contribution is 5.75. The highest BCUT2D eigenvalue weighted by Gasteiger charge is 2.22. The number of carbonyl (C=O) groups is 1. The molecule has 0 heterocycles. The quantitative estimate of drug-likeness (QED) is 0.553. The Morgan fingerprint density at radius 1 is 1.50 bits per heavy atom. The maximum Gasteiger partial charge on any atom is 0.311 e. The van der Waals surface area contributed by atoms with Crippen molar-refractivity contribution in [2.75, 3.05) is 0 Å². The Hall–Kier alpha value is -0.530. The van der Waals surface area contributed by atoms with Crippen LogP contribution in [0.25, 0.3) is 0 Å². The maximum absolute atomic E-state index is 11.0. The summed E-state index contributed by atoms with van der Waals surface area (Å²) in [4.78, 5) is 11.0. The summed E-state index contributed by atoms with van der Waals surface area (Å²) < 4.78 is 4.79. The van der Waals surface area contributed by atoms with Gasteiger partial charge >= 0.3 is 5.97 Å². The van der Waals surface area contributed by atoms with Crippen molar-refractivity contribution in [3.63, 3.8) is 0 Å². The molecule has 59 valence electrons. The molecule has 0 aliphatic carbocycles. The van der Waals surface area contributed by atoms with Crippen molar-refractivity contribution in [1.29, 1.82) is 0 Å². The average Bonchev–Trinajstić information content (AvgIpc) is 1.80. The van der Waals surface area contributed by atoms with Crippen LogP contribution in [0.2, 0.25) is 0 Å². The van der Waals surface area contributed by atoms with E-state index < -0.39 is 0 Å². The van der Waals surface area contributed by atoms with Gasteiger partial charge in [-0.1, -0.05) is 6.92 Å². The summed E-state index contributed by atoms with van der Waals surface area (Å²) in [5.74, 6) is -0.172. The number of ether oxygens (including phenoxy) is 1. The maximum atomic E-state index is 11.0. The van der Waals surface area contributed by atoms with Crippen molar-refractivity contribution in [2.45, 2.75) is 34.1 Å². The van der Waals surface area contributed by atoms with Crippen LogP contribution < -0.4 is 0 Å². The Morgan fingerprint density at radius 2 is 2.00 bits per heavy atom. The summed E-state index contributed by atoms with van der Waals surface area (Å²) in [5, 5.41) is 0. The SMILES string of the molecule is CC[CH]OC(=O)C(C)(C)C. The van der Waals surface area contributed by atoms with E-state index in [4.69, 9.17) is 4.74 Å². The lowest BCUT2D eigenvalue weighted by atomic mass is 9.97. The van der Waals surface area contributed by atoms with Gasteiger partial charge in [0.2, 0.25) is 0 Å². The molecule has 0 bridgehead atoms. The molecule has 0 aromatic rings. The van der Waals surface area contributed by atoms with E-state index in [9.17, 15) is 4.79 Å². The van der Waals surface area contributed by atoms with E-state index in [1.807, 2.05) is 27.7 Å². The Kier molecular flexibility index (Phi) is 3.40. The fourth-order valence-corrected chi connectivity index (χ4v) is 0.336. The molecule has 10 heavy (non-hydrogen) atoms. The van der Waals surface area contributed by atoms with Crippen molar-refractivity contribution in [2.24, 2.45) is 5.41 Å². The van der Waals surface area contributed by atoms with Crippen LogP contribution in [0.15, 0.2) is 0 Å². The lowest BCUT2D eigenvalue weighted by Gasteiger charge is -2.15. The van der Waals surface area contributed by atoms with Crippen molar-refractivity contribution < 1.29 is 9.53 Å². The third-order valence-corrected chi connectivity index (χ3v) is 0.969. The van der Waals surface area contributed by atoms with Crippen molar-refractivity contribution in [1.82, 2.24) is 0 Å². The number of hydrogen-bond acceptors (Lipinski definition) is 2. The van der Waals surface area contributed by atoms with Crippen LogP contribution in [0, 0.1) is 12.0 Å². The summed E-state index contributed by atoms with van der Waals surface area (Å²) >= 11 is 0. The smallest absolute Gasteiger partial charge is 0.311 e. The molecule has 2 nitrogen and oxygen atoms in total. The fraction of sp³-hybridized carbons (Fsp3) is 0.750. The summed E-state index contributed by atoms with van der Waals surface area (Å²) in [7, 11) is 0. The number of carbonyl (C=O) groups excluding carboxylic acids is 1. The van der Waals surface area contributed by atoms with Gasteiger partial charge in [0.15, 0.2) is 0 Å². The fourth-order valence-electron chi connectivity index (χ4n) is 0.336. The van der Waals surface area contributed by atoms with Gasteiger partial charge in [0.1, 0.15) is 6.61 Å². The second-order valence-corrected chi connectivity index (χ2v) is 3.23. The van der Waals surface area contributed by atoms with Crippen LogP contribution in [0.5, 0.6) is 0 Å². The largest absolute Gasteiger partial charge is 0.458 e. The van der Waals surface area contributed by atoms with Crippen LogP contribution in [0.4, 0.5) is 0 Å². The van der Waals surface area contributed by atoms with Gasteiger partial charge in [-0.05, 0) is 27.2 Å². The molecule has 0 N–H and O–H groups in total. The van der Waals surface area contributed by atoms with Gasteiger partial charge < -0.3 is 4.74 Å². The van der Waals surface area contributed by atoms with Crippen LogP contribution in [0.1, 0.15) is 34.1 Å². The molecule has 0 aromatic carbocycles. The lowest BCUT2D eigenvalue weighted by Crippen LogP contribution is -2.21. The molecule has 0 saturated carbocycles. The molecule has 0 aliphatic rings. The predicted octanol–water partition coefficient (Wildman–Crippen LogP) is 2.15. The van der Waals surface area contributed by atoms with Crippen molar-refractivity contribution in [3.8, 4) is 0 Å². The third-order valence-electron chi connectivity index (χ3n) is 0.969. The van der Waals surface area contributed by atoms with Crippen molar-refractivity contribution in [3.05, 3.63) is 6.61 Å². The Labute approximate surface area is 62.6 Å². The monoisotopic (exact) mass is 143 g/mol. The highest BCUT2D eigenvalue weighted by atomic mass is 16.5. The molecule has 0 amide bonds. The first-order valence-corrected chi connectivity index (χ1v) is 3.51. The van der Waals surface area contributed by atoms with E-state index in [0.717, 1.165) is 6.42 Å². The van der Waals surface area contributed by atoms with Crippen LogP contribution in [-0.4, -0.2) is 5.97 Å². The van der Waals surface area contributed by atoms with E-state index in [2.05, 4.69) is 0 Å². The van der Waals surface area contributed by atoms with E-state index >= 15 is 0 Å². The number of hydrogen-bond donors (Lipinski definition) is 0. The minimum absolute atomic E-state index is 0.172. The van der Waals surface area contributed by atoms with E-state index in [0.29, 0.717) is 0 Å². The van der Waals surface area contributed by atoms with Gasteiger partial charge in [0, 0.05) is 0 Å². The minimum Gasteiger partial charge on any atom is -0.458 e. The van der Waals surface area contributed by atoms with Gasteiger partial charge in [0.05, 0.1) is 5.41 Å². The van der Waals surface area contributed by atoms with Crippen molar-refractivity contribution >= 4 is 5.97 Å². The summed E-state index contributed by atoms with van der Waals surface area (Å²) in [6.45, 7) is 8.94. The first-order chi connectivity index (χ1) is 4.48. The van der Waals surface area contributed by atoms with Crippen LogP contribution >= 0.6 is 0 Å². The third kappa shape index (κ3) is 3.49. The molecule has 2 heteroatoms. The summed E-state index contributed by atoms with van der Waals surface area (Å²) in [6.07, 6.45) is 0.766. The normalized spacial score (nSPS) is 11.2. The van der Waals surface area contributed by atoms with Gasteiger partial charge in [-0.15, -0.1) is 0 Å². The second kappa shape index (κ2) is 3.59. The molecule has 0 spiro atoms. The molecule has 0 aromatic heterocycles. The lowest BCUT2D eigenvalue weighted by molar-refractivity contribution is -0.149. The number of rotatable bonds is 2. The molecule has 0 rings (SSSR count). The van der Waals surface area contributed by atoms with Crippen LogP contribution in [0.3, 0.4) is 0 Å². The molecular weight excluding hydrogens is 128 g/mol. The zero-order valence-corrected chi connectivity index (χ0v) is 7.10. The Bertz CT molecular complexity index is 111. The zero-order chi connectivity index (χ0) is 8.20. The van der Waals surface area contributed by atoms with Gasteiger partial charge in [0.25, 0.3) is 0 Å². The van der Waals surface area contributed by atoms with Gasteiger partial charge in [-0.2, -0.15) is 0 Å². The van der Waals surface area contributed by atoms with E-state index in [-0.39, 0.29) is 11.4 Å². The van der Waals surface area contributed by atoms with Crippen LogP contribution in [-0.2, 0) is 9.53 Å². The molecular formula is C8H15O2. The topological polar surface area (TPSA) is 26.3 Å². The molecule has 0 atom stereocenters. The standard InChI is InChI=1S/C8H15O2/c1-5-6-10-7(9)8(2,3)4/h6H,5H2,1-4H3. The Balaban J connectivity index is 3.64. The summed E-state index contributed by atoms with van der Waals surface area (Å²) in [6, 6.07) is 0. The molecule has 0 saturated heterocycles. The summed E-state index contributed by atoms with van der Waals surface area (Å²) in [5.41, 5.74) is -0.383. The average molecular weight is 143 g/mol. The predicted molar refractivity (Wildman–Crippen MR) is 40.1 cm³/mol. The molecule has 0 unspecified atom stereocenters. The first kappa shape index (κ1) is 9.47. The van der Waals surface area contributed by atoms with Gasteiger partial charge in [-0.3, -0.25) is 4.79 Å². The zero-order valence-electron chi connectivity index (χ0n) is 7.10. The highest BCUT2D eigenvalue weighted by Crippen LogP contribution is 2.15. The molecule has 0 fully saturated rings. The minimum atomic E-state index is -0.383. The van der Waals surface area contributed by atoms with E-state index in [1.54, 1.807) is 0 Å². The Morgan fingerprint density at radius 3 is 2.30 bits per heavy atom. The van der Waals surface area contributed by atoms with Gasteiger partial charge in [-0.25, -0.2) is 0 Å². The molecule has 0 aliphatic heterocycles. The number of esters is 1. The molecule has 1 radical (unpaired) electrons. The second-order valence-electron chi connectivity index (χ2n) is 3.23.